The standard InChI is InChI=1S/C31H31F4N3O2.C2H4O2.CH5NS/c1-4-40-25-14-22(13-23(15-25)30(39)37-27-11-10-24(17-26(27)32)31(33,34)35)20-7-5-19(6-8-20)21-9-12-29-28(16-21)36-18(2)38(29)3;1-2(3)4;1-2-3/h5-12,16-17,22-23,25H,4,13-15H2,1-3H3,(H,37,39);1H3,(H,3,4);2-3H,1H3. The Kier molecular flexibility index (Phi) is 13.4. The second kappa shape index (κ2) is 16.8. The number of carboxylic acid groups (broad SMARTS) is 1. The van der Waals surface area contributed by atoms with Gasteiger partial charge in [-0.3, -0.25) is 14.3 Å². The molecule has 1 heterocycles. The number of thiol groups is 1. The number of benzene rings is 3. The first-order valence-corrected chi connectivity index (χ1v) is 15.5. The summed E-state index contributed by atoms with van der Waals surface area (Å²) in [5.74, 6) is -1.88. The van der Waals surface area contributed by atoms with Gasteiger partial charge in [-0.25, -0.2) is 9.37 Å². The van der Waals surface area contributed by atoms with E-state index in [9.17, 15) is 22.4 Å². The van der Waals surface area contributed by atoms with Crippen molar-refractivity contribution in [2.24, 2.45) is 13.0 Å². The molecule has 47 heavy (non-hydrogen) atoms. The molecule has 4 aromatic rings. The van der Waals surface area contributed by atoms with E-state index in [1.165, 1.54) is 0 Å². The number of amides is 1. The molecule has 3 N–H and O–H groups in total. The third-order valence-electron chi connectivity index (χ3n) is 7.81. The lowest BCUT2D eigenvalue weighted by atomic mass is 9.76. The first-order valence-electron chi connectivity index (χ1n) is 15.0. The quantitative estimate of drug-likeness (QED) is 0.123. The molecule has 1 saturated carbocycles. The fraction of sp³-hybridized carbons (Fsp3) is 0.382. The number of carbonyl (C=O) groups excluding carboxylic acids is 1. The smallest absolute Gasteiger partial charge is 0.416 e. The van der Waals surface area contributed by atoms with Crippen molar-refractivity contribution in [1.82, 2.24) is 14.3 Å². The Balaban J connectivity index is 0.000000784. The van der Waals surface area contributed by atoms with Crippen molar-refractivity contribution in [2.75, 3.05) is 19.0 Å². The Bertz CT molecular complexity index is 1660. The lowest BCUT2D eigenvalue weighted by Gasteiger charge is -2.34. The van der Waals surface area contributed by atoms with Crippen LogP contribution in [-0.2, 0) is 27.5 Å². The molecular weight excluding hydrogens is 636 g/mol. The number of hydrogen-bond donors (Lipinski definition) is 4. The second-order valence-corrected chi connectivity index (χ2v) is 11.6. The summed E-state index contributed by atoms with van der Waals surface area (Å²) in [6.07, 6.45) is -3.10. The van der Waals surface area contributed by atoms with Gasteiger partial charge in [0.2, 0.25) is 5.91 Å². The van der Waals surface area contributed by atoms with Crippen molar-refractivity contribution in [3.05, 3.63) is 83.4 Å². The Morgan fingerprint density at radius 1 is 1.04 bits per heavy atom. The van der Waals surface area contributed by atoms with Gasteiger partial charge in [0.05, 0.1) is 28.4 Å². The number of aromatic nitrogens is 2. The Morgan fingerprint density at radius 2 is 1.66 bits per heavy atom. The van der Waals surface area contributed by atoms with E-state index >= 15 is 0 Å². The molecule has 1 aromatic heterocycles. The van der Waals surface area contributed by atoms with Crippen LogP contribution in [0.3, 0.4) is 0 Å². The zero-order chi connectivity index (χ0) is 34.9. The van der Waals surface area contributed by atoms with Crippen molar-refractivity contribution in [3.8, 4) is 11.1 Å². The number of imidazole rings is 1. The monoisotopic (exact) mass is 676 g/mol. The molecule has 0 bridgehead atoms. The number of nitrogens with zero attached hydrogens (tertiary/aromatic N) is 2. The number of carboxylic acids is 1. The van der Waals surface area contributed by atoms with Crippen molar-refractivity contribution >= 4 is 41.4 Å². The van der Waals surface area contributed by atoms with Crippen LogP contribution in [0.1, 0.15) is 56.0 Å². The van der Waals surface area contributed by atoms with Crippen molar-refractivity contribution in [2.45, 2.75) is 58.2 Å². The highest BCUT2D eigenvalue weighted by Gasteiger charge is 2.35. The van der Waals surface area contributed by atoms with E-state index in [-0.39, 0.29) is 17.7 Å². The predicted molar refractivity (Wildman–Crippen MR) is 178 cm³/mol. The van der Waals surface area contributed by atoms with Crippen LogP contribution < -0.4 is 10.0 Å². The number of aliphatic carboxylic acids is 1. The molecule has 0 radical (unpaired) electrons. The molecule has 3 aromatic carbocycles. The molecule has 0 aliphatic heterocycles. The van der Waals surface area contributed by atoms with Gasteiger partial charge >= 0.3 is 6.18 Å². The van der Waals surface area contributed by atoms with Crippen LogP contribution >= 0.6 is 12.8 Å². The minimum Gasteiger partial charge on any atom is -0.481 e. The fourth-order valence-corrected chi connectivity index (χ4v) is 5.60. The summed E-state index contributed by atoms with van der Waals surface area (Å²) in [4.78, 5) is 26.8. The summed E-state index contributed by atoms with van der Waals surface area (Å²) < 4.78 is 63.5. The molecule has 1 amide bonds. The zero-order valence-electron chi connectivity index (χ0n) is 26.9. The number of ether oxygens (including phenoxy) is 1. The van der Waals surface area contributed by atoms with E-state index in [4.69, 9.17) is 14.6 Å². The molecule has 3 unspecified atom stereocenters. The van der Waals surface area contributed by atoms with Gasteiger partial charge in [0, 0.05) is 26.5 Å². The average molecular weight is 677 g/mol. The molecule has 0 saturated heterocycles. The van der Waals surface area contributed by atoms with E-state index in [0.29, 0.717) is 25.5 Å². The molecule has 254 valence electrons. The van der Waals surface area contributed by atoms with Crippen LogP contribution in [-0.4, -0.2) is 46.3 Å². The van der Waals surface area contributed by atoms with Crippen LogP contribution in [0.2, 0.25) is 0 Å². The van der Waals surface area contributed by atoms with Gasteiger partial charge in [-0.2, -0.15) is 13.2 Å². The normalized spacial score (nSPS) is 17.6. The van der Waals surface area contributed by atoms with Crippen molar-refractivity contribution < 1.29 is 37.0 Å². The van der Waals surface area contributed by atoms with Gasteiger partial charge < -0.3 is 19.7 Å². The van der Waals surface area contributed by atoms with E-state index in [1.54, 1.807) is 7.05 Å². The van der Waals surface area contributed by atoms with Crippen LogP contribution in [0.15, 0.2) is 60.7 Å². The molecule has 8 nitrogen and oxygen atoms in total. The summed E-state index contributed by atoms with van der Waals surface area (Å²) in [6.45, 7) is 5.44. The van der Waals surface area contributed by atoms with Crippen molar-refractivity contribution in [3.63, 3.8) is 0 Å². The summed E-state index contributed by atoms with van der Waals surface area (Å²) in [7, 11) is 3.73. The molecule has 1 aliphatic rings. The lowest BCUT2D eigenvalue weighted by Crippen LogP contribution is -2.35. The topological polar surface area (TPSA) is 105 Å². The molecule has 3 atom stereocenters. The average Bonchev–Trinajstić information content (AvgIpc) is 3.30. The van der Waals surface area contributed by atoms with E-state index in [2.05, 4.69) is 74.9 Å². The number of carbonyl (C=O) groups is 2. The van der Waals surface area contributed by atoms with Gasteiger partial charge in [-0.1, -0.05) is 43.1 Å². The minimum atomic E-state index is -4.66. The number of hydrogen-bond acceptors (Lipinski definition) is 6. The fourth-order valence-electron chi connectivity index (χ4n) is 5.60. The first kappa shape index (κ1) is 37.5. The van der Waals surface area contributed by atoms with E-state index < -0.39 is 35.4 Å². The number of nitrogens with one attached hydrogen (secondary N) is 2. The molecule has 13 heteroatoms. The maximum atomic E-state index is 14.4. The summed E-state index contributed by atoms with van der Waals surface area (Å²) in [6, 6.07) is 16.6. The SMILES string of the molecule is CC(=O)O.CCOC1CC(C(=O)Nc2ccc(C(F)(F)F)cc2F)CC(c2ccc(-c3ccc4c(c3)nc(C)n4C)cc2)C1.CNS. The molecule has 1 fully saturated rings. The van der Waals surface area contributed by atoms with Crippen LogP contribution in [0.4, 0.5) is 23.2 Å². The highest BCUT2D eigenvalue weighted by atomic mass is 32.1. The van der Waals surface area contributed by atoms with Gasteiger partial charge in [0.1, 0.15) is 11.6 Å². The first-order chi connectivity index (χ1) is 22.2. The van der Waals surface area contributed by atoms with E-state index in [0.717, 1.165) is 59.0 Å². The third-order valence-corrected chi connectivity index (χ3v) is 7.81. The maximum Gasteiger partial charge on any atom is 0.416 e. The summed E-state index contributed by atoms with van der Waals surface area (Å²) in [5.41, 5.74) is 3.82. The van der Waals surface area contributed by atoms with Crippen LogP contribution in [0, 0.1) is 18.7 Å². The zero-order valence-corrected chi connectivity index (χ0v) is 27.8. The number of aryl methyl sites for hydroxylation is 2. The van der Waals surface area contributed by atoms with Gasteiger partial charge in [0.25, 0.3) is 5.97 Å². The lowest BCUT2D eigenvalue weighted by molar-refractivity contribution is -0.138. The van der Waals surface area contributed by atoms with Crippen LogP contribution in [0.5, 0.6) is 0 Å². The number of rotatable bonds is 6. The summed E-state index contributed by atoms with van der Waals surface area (Å²) >= 11 is 3.54. The number of fused-ring (bicyclic) bond motifs is 1. The largest absolute Gasteiger partial charge is 0.481 e. The maximum absolute atomic E-state index is 14.4. The Labute approximate surface area is 277 Å². The van der Waals surface area contributed by atoms with Gasteiger partial charge in [-0.05, 0) is 93.1 Å². The van der Waals surface area contributed by atoms with Crippen molar-refractivity contribution in [1.29, 1.82) is 0 Å². The molecule has 5 rings (SSSR count). The highest BCUT2D eigenvalue weighted by molar-refractivity contribution is 7.78. The number of alkyl halides is 3. The molecular formula is C34H40F4N4O4S. The summed E-state index contributed by atoms with van der Waals surface area (Å²) in [5, 5.41) is 9.92. The highest BCUT2D eigenvalue weighted by Crippen LogP contribution is 2.39. The number of halogens is 4. The third kappa shape index (κ3) is 10.3. The minimum absolute atomic E-state index is 0.0356. The van der Waals surface area contributed by atoms with Gasteiger partial charge in [-0.15, -0.1) is 0 Å². The molecule has 0 spiro atoms. The Hall–Kier alpha value is -3.94. The molecule has 1 aliphatic carbocycles. The second-order valence-electron chi connectivity index (χ2n) is 11.1. The Morgan fingerprint density at radius 3 is 2.23 bits per heavy atom. The van der Waals surface area contributed by atoms with E-state index in [1.807, 2.05) is 20.9 Å². The number of anilines is 1. The van der Waals surface area contributed by atoms with Crippen LogP contribution in [0.25, 0.3) is 22.2 Å². The van der Waals surface area contributed by atoms with Gasteiger partial charge in [0.15, 0.2) is 0 Å². The predicted octanol–water partition coefficient (Wildman–Crippen LogP) is 7.78.